The van der Waals surface area contributed by atoms with E-state index >= 15 is 0 Å². The summed E-state index contributed by atoms with van der Waals surface area (Å²) in [5, 5.41) is 26.3. The maximum atomic E-state index is 13.2. The lowest BCUT2D eigenvalue weighted by Crippen LogP contribution is -2.63. The van der Waals surface area contributed by atoms with Crippen LogP contribution in [0.1, 0.15) is 97.8 Å². The highest BCUT2D eigenvalue weighted by molar-refractivity contribution is 5.70. The van der Waals surface area contributed by atoms with Gasteiger partial charge in [0.15, 0.2) is 23.0 Å². The third kappa shape index (κ3) is 8.14. The van der Waals surface area contributed by atoms with Crippen molar-refractivity contribution in [1.82, 2.24) is 0 Å². The first kappa shape index (κ1) is 42.8. The van der Waals surface area contributed by atoms with Gasteiger partial charge in [0.25, 0.3) is 0 Å². The third-order valence-corrected chi connectivity index (χ3v) is 13.8. The minimum absolute atomic E-state index is 0.212. The van der Waals surface area contributed by atoms with Gasteiger partial charge in [-0.1, -0.05) is 44.9 Å². The molecule has 6 unspecified atom stereocenters. The van der Waals surface area contributed by atoms with Gasteiger partial charge in [0, 0.05) is 50.2 Å². The van der Waals surface area contributed by atoms with Crippen LogP contribution < -0.4 is 33.9 Å². The van der Waals surface area contributed by atoms with Gasteiger partial charge in [-0.15, -0.1) is 0 Å². The van der Waals surface area contributed by atoms with Crippen molar-refractivity contribution in [1.29, 1.82) is 0 Å². The number of hydrogen-bond donors (Lipinski definition) is 0. The van der Waals surface area contributed by atoms with Gasteiger partial charge >= 0.3 is 0 Å². The summed E-state index contributed by atoms with van der Waals surface area (Å²) in [6.45, 7) is 5.32. The van der Waals surface area contributed by atoms with E-state index in [1.807, 2.05) is 73.8 Å². The number of rotatable bonds is 13. The van der Waals surface area contributed by atoms with E-state index in [4.69, 9.17) is 23.7 Å². The topological polar surface area (TPSA) is 126 Å². The fourth-order valence-corrected chi connectivity index (χ4v) is 10.3. The SMILES string of the molecule is CCCCC(C(=O)[O-])[N+]1(C)CCc2cc(OC)c3cc2C1Cc1ccc(cc1)Oc1cc(ccc1OC)CC1c2c(cc(OC)cc2O3)CC[N+]1(C)C(CCCC)C(=O)[O-]. The van der Waals surface area contributed by atoms with Crippen LogP contribution in [0.4, 0.5) is 0 Å². The number of carboxylic acids is 2. The Labute approximate surface area is 354 Å². The normalized spacial score (nSPS) is 22.8. The van der Waals surface area contributed by atoms with Crippen LogP contribution in [0.15, 0.2) is 66.7 Å². The number of fused-ring (bicyclic) bond motifs is 2. The molecule has 0 aromatic heterocycles. The van der Waals surface area contributed by atoms with Gasteiger partial charge in [-0.25, -0.2) is 0 Å². The molecule has 0 N–H and O–H groups in total. The van der Waals surface area contributed by atoms with Crippen molar-refractivity contribution in [2.45, 2.75) is 102 Å². The largest absolute Gasteiger partial charge is 0.544 e. The van der Waals surface area contributed by atoms with Crippen molar-refractivity contribution in [2.24, 2.45) is 0 Å². The van der Waals surface area contributed by atoms with Crippen LogP contribution in [-0.4, -0.2) is 81.5 Å². The van der Waals surface area contributed by atoms with Gasteiger partial charge in [-0.2, -0.15) is 0 Å². The van der Waals surface area contributed by atoms with E-state index in [9.17, 15) is 19.8 Å². The molecule has 60 heavy (non-hydrogen) atoms. The van der Waals surface area contributed by atoms with Gasteiger partial charge in [0.2, 0.25) is 0 Å². The molecule has 0 amide bonds. The Morgan fingerprint density at radius 1 is 0.667 bits per heavy atom. The monoisotopic (exact) mass is 820 g/mol. The number of carbonyl (C=O) groups is 2. The Balaban J connectivity index is 1.49. The molecule has 11 nitrogen and oxygen atoms in total. The first-order valence-corrected chi connectivity index (χ1v) is 21.5. The van der Waals surface area contributed by atoms with E-state index in [1.54, 1.807) is 21.3 Å². The maximum absolute atomic E-state index is 13.2. The molecule has 4 aromatic rings. The molecule has 0 saturated heterocycles. The van der Waals surface area contributed by atoms with Crippen molar-refractivity contribution in [3.8, 4) is 40.2 Å². The summed E-state index contributed by atoms with van der Waals surface area (Å²) in [5.74, 6) is 1.84. The number of carbonyl (C=O) groups excluding carboxylic acids is 2. The van der Waals surface area contributed by atoms with E-state index in [2.05, 4.69) is 20.9 Å². The molecule has 0 fully saturated rings. The highest BCUT2D eigenvalue weighted by atomic mass is 16.5. The molecular formula is C49H60N2O9. The standard InChI is InChI=1S/C49H60N2O9/c1-8-10-12-38(48(52)53)50(3)22-20-33-28-43(58-7)45-30-37(33)40(50)24-31-14-17-35(18-15-31)59-44-26-32(16-19-42(44)57-6)25-41-47-34(27-36(56-5)29-46(47)60-45)21-23-51(41,4)39(49(54)55)13-11-9-2/h14-19,26-30,38-41H,8-13,20-25H2,1-7H3. The van der Waals surface area contributed by atoms with Crippen LogP contribution in [0.3, 0.4) is 0 Å². The summed E-state index contributed by atoms with van der Waals surface area (Å²) >= 11 is 0. The van der Waals surface area contributed by atoms with Gasteiger partial charge in [-0.05, 0) is 77.6 Å². The van der Waals surface area contributed by atoms with E-state index in [0.717, 1.165) is 59.1 Å². The van der Waals surface area contributed by atoms with E-state index in [0.29, 0.717) is 91.9 Å². The summed E-state index contributed by atoms with van der Waals surface area (Å²) in [6, 6.07) is 19.7. The van der Waals surface area contributed by atoms with Crippen molar-refractivity contribution in [3.63, 3.8) is 0 Å². The van der Waals surface area contributed by atoms with Crippen LogP contribution in [0, 0.1) is 0 Å². The highest BCUT2D eigenvalue weighted by Gasteiger charge is 2.48. The number of nitrogens with zero attached hydrogens (tertiary/aromatic N) is 2. The number of likely N-dealkylation sites (N-methyl/N-ethyl adjacent to an activating group) is 2. The molecule has 0 spiro atoms. The number of ether oxygens (including phenoxy) is 5. The van der Waals surface area contributed by atoms with Crippen LogP contribution in [0.25, 0.3) is 0 Å². The van der Waals surface area contributed by atoms with Crippen molar-refractivity contribution >= 4 is 11.9 Å². The first-order valence-electron chi connectivity index (χ1n) is 21.5. The molecular weight excluding hydrogens is 761 g/mol. The van der Waals surface area contributed by atoms with Gasteiger partial charge in [0.05, 0.1) is 66.0 Å². The fraction of sp³-hybridized carbons (Fsp3) is 0.469. The first-order chi connectivity index (χ1) is 28.9. The quantitative estimate of drug-likeness (QED) is 0.134. The second kappa shape index (κ2) is 17.8. The van der Waals surface area contributed by atoms with E-state index in [-0.39, 0.29) is 21.0 Å². The number of hydrogen-bond acceptors (Lipinski definition) is 9. The number of benzene rings is 4. The summed E-state index contributed by atoms with van der Waals surface area (Å²) < 4.78 is 31.9. The number of carboxylic acid groups (broad SMARTS) is 2. The fourth-order valence-electron chi connectivity index (χ4n) is 10.3. The zero-order valence-corrected chi connectivity index (χ0v) is 36.2. The lowest BCUT2D eigenvalue weighted by molar-refractivity contribution is -0.958. The average Bonchev–Trinajstić information content (AvgIpc) is 3.23. The number of unbranched alkanes of at least 4 members (excludes halogenated alkanes) is 2. The summed E-state index contributed by atoms with van der Waals surface area (Å²) in [6.07, 6.45) is 6.50. The Bertz CT molecular complexity index is 2210. The van der Waals surface area contributed by atoms with Crippen molar-refractivity contribution < 1.29 is 52.5 Å². The lowest BCUT2D eigenvalue weighted by atomic mass is 9.83. The Hall–Kier alpha value is -5.26. The second-order valence-electron chi connectivity index (χ2n) is 17.3. The molecule has 4 aromatic carbocycles. The Morgan fingerprint density at radius 2 is 1.25 bits per heavy atom. The highest BCUT2D eigenvalue weighted by Crippen LogP contribution is 2.51. The second-order valence-corrected chi connectivity index (χ2v) is 17.3. The molecule has 0 radical (unpaired) electrons. The maximum Gasteiger partial charge on any atom is 0.169 e. The van der Waals surface area contributed by atoms with Crippen molar-refractivity contribution in [3.05, 3.63) is 100 Å². The minimum atomic E-state index is -1.07. The zero-order valence-electron chi connectivity index (χ0n) is 36.2. The minimum Gasteiger partial charge on any atom is -0.544 e. The van der Waals surface area contributed by atoms with E-state index < -0.39 is 24.0 Å². The molecule has 8 rings (SSSR count). The molecule has 4 aliphatic rings. The lowest BCUT2D eigenvalue weighted by Gasteiger charge is -2.51. The predicted molar refractivity (Wildman–Crippen MR) is 225 cm³/mol. The van der Waals surface area contributed by atoms with Crippen molar-refractivity contribution in [2.75, 3.05) is 48.5 Å². The Kier molecular flexibility index (Phi) is 12.7. The Morgan fingerprint density at radius 3 is 1.85 bits per heavy atom. The van der Waals surface area contributed by atoms with Crippen LogP contribution in [0.2, 0.25) is 0 Å². The number of quaternary nitrogens is 2. The molecule has 4 aliphatic heterocycles. The van der Waals surface area contributed by atoms with Crippen LogP contribution in [-0.2, 0) is 35.3 Å². The van der Waals surface area contributed by atoms with Gasteiger partial charge in [-0.3, -0.25) is 0 Å². The van der Waals surface area contributed by atoms with Gasteiger partial charge in [0.1, 0.15) is 41.4 Å². The van der Waals surface area contributed by atoms with Crippen LogP contribution >= 0.6 is 0 Å². The summed E-state index contributed by atoms with van der Waals surface area (Å²) in [4.78, 5) is 26.3. The molecule has 320 valence electrons. The number of aliphatic carboxylic acids is 2. The smallest absolute Gasteiger partial charge is 0.169 e. The summed E-state index contributed by atoms with van der Waals surface area (Å²) in [7, 11) is 8.98. The zero-order chi connectivity index (χ0) is 42.8. The molecule has 0 aliphatic carbocycles. The average molecular weight is 821 g/mol. The molecule has 4 heterocycles. The predicted octanol–water partition coefficient (Wildman–Crippen LogP) is 6.80. The van der Waals surface area contributed by atoms with Gasteiger partial charge < -0.3 is 52.5 Å². The summed E-state index contributed by atoms with van der Waals surface area (Å²) in [5.41, 5.74) is 5.96. The van der Waals surface area contributed by atoms with Crippen LogP contribution in [0.5, 0.6) is 40.2 Å². The molecule has 0 saturated carbocycles. The number of methoxy groups -OCH3 is 3. The molecule has 11 heteroatoms. The molecule has 6 atom stereocenters. The molecule has 6 bridgehead atoms. The third-order valence-electron chi connectivity index (χ3n) is 13.8. The van der Waals surface area contributed by atoms with E-state index in [1.165, 1.54) is 0 Å².